The maximum Gasteiger partial charge on any atom is 0.273 e. The fourth-order valence-electron chi connectivity index (χ4n) is 0.854. The van der Waals surface area contributed by atoms with E-state index >= 15 is 0 Å². The topological polar surface area (TPSA) is 95.5 Å². The van der Waals surface area contributed by atoms with E-state index in [0.29, 0.717) is 12.4 Å². The van der Waals surface area contributed by atoms with Gasteiger partial charge in [-0.05, 0) is 13.0 Å². The van der Waals surface area contributed by atoms with Gasteiger partial charge in [0.05, 0.1) is 17.6 Å². The van der Waals surface area contributed by atoms with Gasteiger partial charge in [0.25, 0.3) is 5.69 Å². The van der Waals surface area contributed by atoms with Crippen molar-refractivity contribution in [1.29, 1.82) is 0 Å². The summed E-state index contributed by atoms with van der Waals surface area (Å²) in [5.41, 5.74) is 4.22. The lowest BCUT2D eigenvalue weighted by molar-refractivity contribution is -0.384. The molecule has 1 amide bonds. The van der Waals surface area contributed by atoms with E-state index in [9.17, 15) is 10.1 Å². The first kappa shape index (κ1) is 12.9. The van der Waals surface area contributed by atoms with Crippen LogP contribution in [0.3, 0.4) is 0 Å². The van der Waals surface area contributed by atoms with Crippen LogP contribution in [0.25, 0.3) is 0 Å². The van der Waals surface area contributed by atoms with E-state index in [2.05, 4.69) is 5.73 Å². The van der Waals surface area contributed by atoms with Gasteiger partial charge in [-0.25, -0.2) is 0 Å². The molecule has 0 aliphatic rings. The molecule has 0 fully saturated rings. The first-order chi connectivity index (χ1) is 7.15. The minimum absolute atomic E-state index is 0.0564. The van der Waals surface area contributed by atoms with E-state index < -0.39 is 4.92 Å². The van der Waals surface area contributed by atoms with Crippen molar-refractivity contribution >= 4 is 12.1 Å². The predicted molar refractivity (Wildman–Crippen MR) is 54.5 cm³/mol. The van der Waals surface area contributed by atoms with Crippen molar-refractivity contribution in [1.82, 2.24) is 0 Å². The normalized spacial score (nSPS) is 8.33. The van der Waals surface area contributed by atoms with Gasteiger partial charge in [-0.2, -0.15) is 0 Å². The van der Waals surface area contributed by atoms with Gasteiger partial charge in [0.1, 0.15) is 5.75 Å². The molecule has 1 aromatic rings. The number of carbonyl (C=O) groups excluding carboxylic acids is 1. The quantitative estimate of drug-likeness (QED) is 0.461. The molecular weight excluding hydrogens is 200 g/mol. The van der Waals surface area contributed by atoms with Crippen molar-refractivity contribution in [3.8, 4) is 5.75 Å². The molecule has 6 nitrogen and oxygen atoms in total. The van der Waals surface area contributed by atoms with Crippen molar-refractivity contribution in [2.45, 2.75) is 6.92 Å². The summed E-state index contributed by atoms with van der Waals surface area (Å²) in [5, 5.41) is 10.3. The molecule has 0 saturated heterocycles. The number of hydrogen-bond acceptors (Lipinski definition) is 4. The summed E-state index contributed by atoms with van der Waals surface area (Å²) < 4.78 is 5.09. The molecule has 15 heavy (non-hydrogen) atoms. The lowest BCUT2D eigenvalue weighted by Gasteiger charge is -2.00. The Labute approximate surface area is 86.8 Å². The van der Waals surface area contributed by atoms with Crippen LogP contribution in [0.1, 0.15) is 6.92 Å². The second kappa shape index (κ2) is 7.31. The summed E-state index contributed by atoms with van der Waals surface area (Å²) in [6, 6.07) is 6.13. The summed E-state index contributed by atoms with van der Waals surface area (Å²) in [5.74, 6) is 0.534. The Kier molecular flexibility index (Phi) is 6.28. The Balaban J connectivity index is 0.000000583. The van der Waals surface area contributed by atoms with Gasteiger partial charge < -0.3 is 10.5 Å². The third-order valence-electron chi connectivity index (χ3n) is 1.34. The van der Waals surface area contributed by atoms with E-state index in [1.165, 1.54) is 12.1 Å². The molecule has 2 N–H and O–H groups in total. The maximum atomic E-state index is 10.3. The minimum atomic E-state index is -0.442. The van der Waals surface area contributed by atoms with Crippen LogP contribution in [0.2, 0.25) is 0 Å². The number of hydrogen-bond donors (Lipinski definition) is 1. The second-order valence-electron chi connectivity index (χ2n) is 2.32. The fraction of sp³-hybridized carbons (Fsp3) is 0.222. The van der Waals surface area contributed by atoms with Gasteiger partial charge in [-0.1, -0.05) is 6.07 Å². The highest BCUT2D eigenvalue weighted by Gasteiger charge is 2.04. The van der Waals surface area contributed by atoms with Crippen LogP contribution in [0.5, 0.6) is 5.75 Å². The molecule has 0 atom stereocenters. The van der Waals surface area contributed by atoms with Crippen LogP contribution >= 0.6 is 0 Å². The van der Waals surface area contributed by atoms with Crippen molar-refractivity contribution in [3.63, 3.8) is 0 Å². The number of non-ortho nitro benzene ring substituents is 1. The van der Waals surface area contributed by atoms with E-state index in [-0.39, 0.29) is 12.1 Å². The molecule has 0 aliphatic heterocycles. The van der Waals surface area contributed by atoms with Gasteiger partial charge in [-0.3, -0.25) is 14.9 Å². The third kappa shape index (κ3) is 5.25. The number of nitro benzene ring substituents is 1. The highest BCUT2D eigenvalue weighted by molar-refractivity contribution is 5.42. The van der Waals surface area contributed by atoms with E-state index in [1.54, 1.807) is 12.1 Å². The number of rotatable bonds is 3. The molecule has 0 radical (unpaired) electrons. The Morgan fingerprint density at radius 3 is 2.67 bits per heavy atom. The SMILES string of the molecule is CCOc1cccc([N+](=O)[O-])c1.NC=O. The summed E-state index contributed by atoms with van der Waals surface area (Å²) in [6.45, 7) is 2.35. The molecule has 1 aromatic carbocycles. The number of amides is 1. The van der Waals surface area contributed by atoms with Crippen molar-refractivity contribution < 1.29 is 14.5 Å². The number of benzene rings is 1. The van der Waals surface area contributed by atoms with E-state index in [1.807, 2.05) is 6.92 Å². The monoisotopic (exact) mass is 212 g/mol. The highest BCUT2D eigenvalue weighted by atomic mass is 16.6. The Hall–Kier alpha value is -2.11. The molecule has 0 heterocycles. The smallest absolute Gasteiger partial charge is 0.273 e. The zero-order chi connectivity index (χ0) is 11.7. The Morgan fingerprint density at radius 1 is 1.60 bits per heavy atom. The summed E-state index contributed by atoms with van der Waals surface area (Å²) >= 11 is 0. The molecule has 82 valence electrons. The standard InChI is InChI=1S/C8H9NO3.CH3NO/c1-2-12-8-5-3-4-7(6-8)9(10)11;2-1-3/h3-6H,2H2,1H3;1H,(H2,2,3). The second-order valence-corrected chi connectivity index (χ2v) is 2.32. The summed E-state index contributed by atoms with van der Waals surface area (Å²) in [4.78, 5) is 18.4. The summed E-state index contributed by atoms with van der Waals surface area (Å²) in [6.07, 6.45) is 0.250. The molecule has 0 aromatic heterocycles. The average molecular weight is 212 g/mol. The third-order valence-corrected chi connectivity index (χ3v) is 1.34. The van der Waals surface area contributed by atoms with Gasteiger partial charge in [0.2, 0.25) is 6.41 Å². The van der Waals surface area contributed by atoms with Gasteiger partial charge >= 0.3 is 0 Å². The van der Waals surface area contributed by atoms with Gasteiger partial charge in [-0.15, -0.1) is 0 Å². The van der Waals surface area contributed by atoms with Gasteiger partial charge in [0.15, 0.2) is 0 Å². The van der Waals surface area contributed by atoms with Crippen molar-refractivity contribution in [2.75, 3.05) is 6.61 Å². The largest absolute Gasteiger partial charge is 0.494 e. The molecule has 0 aliphatic carbocycles. The van der Waals surface area contributed by atoms with Crippen LogP contribution in [0.15, 0.2) is 24.3 Å². The maximum absolute atomic E-state index is 10.3. The minimum Gasteiger partial charge on any atom is -0.494 e. The number of ether oxygens (including phenoxy) is 1. The van der Waals surface area contributed by atoms with Crippen LogP contribution < -0.4 is 10.5 Å². The van der Waals surface area contributed by atoms with Crippen LogP contribution in [0, 0.1) is 10.1 Å². The molecule has 0 spiro atoms. The van der Waals surface area contributed by atoms with Crippen LogP contribution in [-0.2, 0) is 4.79 Å². The van der Waals surface area contributed by atoms with Crippen molar-refractivity contribution in [3.05, 3.63) is 34.4 Å². The Morgan fingerprint density at radius 2 is 2.20 bits per heavy atom. The van der Waals surface area contributed by atoms with Crippen LogP contribution in [-0.4, -0.2) is 17.9 Å². The first-order valence-electron chi connectivity index (χ1n) is 4.18. The predicted octanol–water partition coefficient (Wildman–Crippen LogP) is 1.09. The molecule has 0 saturated carbocycles. The van der Waals surface area contributed by atoms with Crippen LogP contribution in [0.4, 0.5) is 5.69 Å². The number of nitrogens with two attached hydrogens (primary N) is 1. The Bertz CT molecular complexity index is 328. The highest BCUT2D eigenvalue weighted by Crippen LogP contribution is 2.18. The average Bonchev–Trinajstić information content (AvgIpc) is 2.20. The molecule has 6 heteroatoms. The fourth-order valence-corrected chi connectivity index (χ4v) is 0.854. The lowest BCUT2D eigenvalue weighted by Crippen LogP contribution is -1.93. The molecule has 1 rings (SSSR count). The number of primary amides is 1. The van der Waals surface area contributed by atoms with Crippen molar-refractivity contribution in [2.24, 2.45) is 5.73 Å². The molecule has 0 unspecified atom stereocenters. The first-order valence-corrected chi connectivity index (χ1v) is 4.18. The molecular formula is C9H12N2O4. The lowest BCUT2D eigenvalue weighted by atomic mass is 10.3. The van der Waals surface area contributed by atoms with Gasteiger partial charge in [0, 0.05) is 6.07 Å². The number of carbonyl (C=O) groups is 1. The van der Waals surface area contributed by atoms with E-state index in [0.717, 1.165) is 0 Å². The number of nitrogens with zero attached hydrogens (tertiary/aromatic N) is 1. The molecule has 0 bridgehead atoms. The van der Waals surface area contributed by atoms with E-state index in [4.69, 9.17) is 9.53 Å². The number of nitro groups is 1. The zero-order valence-electron chi connectivity index (χ0n) is 8.25. The summed E-state index contributed by atoms with van der Waals surface area (Å²) in [7, 11) is 0. The zero-order valence-corrected chi connectivity index (χ0v) is 8.25.